The fraction of sp³-hybridized carbons (Fsp3) is 0.526. The Morgan fingerprint density at radius 2 is 2.17 bits per heavy atom. The molecular formula is C19H26ClN3O. The highest BCUT2D eigenvalue weighted by Crippen LogP contribution is 2.37. The molecule has 4 rings (SSSR count). The van der Waals surface area contributed by atoms with Gasteiger partial charge in [-0.25, -0.2) is 0 Å². The number of aromatic nitrogens is 1. The number of aryl methyl sites for hydroxylation is 2. The number of hydrogen-bond donors (Lipinski definition) is 2. The summed E-state index contributed by atoms with van der Waals surface area (Å²) in [6.45, 7) is 3.90. The second kappa shape index (κ2) is 6.77. The van der Waals surface area contributed by atoms with Gasteiger partial charge in [0.1, 0.15) is 0 Å². The van der Waals surface area contributed by atoms with Crippen LogP contribution in [0.3, 0.4) is 0 Å². The Balaban J connectivity index is 0.00000169. The first-order chi connectivity index (χ1) is 11.1. The molecule has 1 saturated heterocycles. The van der Waals surface area contributed by atoms with Gasteiger partial charge in [0.05, 0.1) is 0 Å². The second-order valence-corrected chi connectivity index (χ2v) is 7.33. The van der Waals surface area contributed by atoms with Gasteiger partial charge in [0.2, 0.25) is 5.91 Å². The molecule has 1 aromatic heterocycles. The Morgan fingerprint density at radius 1 is 1.33 bits per heavy atom. The van der Waals surface area contributed by atoms with Gasteiger partial charge in [0.15, 0.2) is 0 Å². The molecule has 1 aromatic carbocycles. The molecule has 0 spiro atoms. The maximum atomic E-state index is 12.6. The number of aromatic amines is 1. The Labute approximate surface area is 149 Å². The van der Waals surface area contributed by atoms with Gasteiger partial charge >= 0.3 is 0 Å². The van der Waals surface area contributed by atoms with Gasteiger partial charge < -0.3 is 15.6 Å². The van der Waals surface area contributed by atoms with Crippen LogP contribution >= 0.6 is 12.4 Å². The number of benzene rings is 1. The molecule has 2 heterocycles. The third-order valence-corrected chi connectivity index (χ3v) is 5.80. The van der Waals surface area contributed by atoms with E-state index in [0.29, 0.717) is 24.3 Å². The van der Waals surface area contributed by atoms with E-state index >= 15 is 0 Å². The molecule has 130 valence electrons. The average Bonchev–Trinajstić information content (AvgIpc) is 3.21. The molecular weight excluding hydrogens is 322 g/mol. The summed E-state index contributed by atoms with van der Waals surface area (Å²) in [6.07, 6.45) is 5.77. The van der Waals surface area contributed by atoms with Gasteiger partial charge in [-0.15, -0.1) is 12.4 Å². The van der Waals surface area contributed by atoms with Crippen molar-refractivity contribution in [3.63, 3.8) is 0 Å². The van der Waals surface area contributed by atoms with Crippen molar-refractivity contribution in [3.8, 4) is 0 Å². The molecule has 3 unspecified atom stereocenters. The maximum absolute atomic E-state index is 12.6. The highest BCUT2D eigenvalue weighted by molar-refractivity contribution is 5.85. The lowest BCUT2D eigenvalue weighted by Gasteiger charge is -2.18. The molecule has 1 aliphatic carbocycles. The van der Waals surface area contributed by atoms with Crippen LogP contribution in [-0.2, 0) is 11.2 Å². The minimum atomic E-state index is 0. The molecule has 5 heteroatoms. The van der Waals surface area contributed by atoms with Gasteiger partial charge in [-0.1, -0.05) is 11.6 Å². The van der Waals surface area contributed by atoms with Crippen LogP contribution < -0.4 is 5.73 Å². The number of carbonyl (C=O) groups excluding carboxylic acids is 1. The van der Waals surface area contributed by atoms with Gasteiger partial charge in [-0.2, -0.15) is 0 Å². The number of nitrogens with zero attached hydrogens (tertiary/aromatic N) is 1. The first-order valence-electron chi connectivity index (χ1n) is 8.72. The molecule has 2 aromatic rings. The minimum Gasteiger partial charge on any atom is -0.361 e. The van der Waals surface area contributed by atoms with Crippen LogP contribution in [0.4, 0.5) is 0 Å². The highest BCUT2D eigenvalue weighted by Gasteiger charge is 2.42. The third-order valence-electron chi connectivity index (χ3n) is 5.80. The van der Waals surface area contributed by atoms with Crippen LogP contribution in [0.25, 0.3) is 10.9 Å². The molecule has 3 N–H and O–H groups in total. The summed E-state index contributed by atoms with van der Waals surface area (Å²) in [7, 11) is 0. The summed E-state index contributed by atoms with van der Waals surface area (Å²) >= 11 is 0. The van der Waals surface area contributed by atoms with E-state index < -0.39 is 0 Å². The lowest BCUT2D eigenvalue weighted by Crippen LogP contribution is -2.33. The molecule has 1 amide bonds. The summed E-state index contributed by atoms with van der Waals surface area (Å²) < 4.78 is 0. The fourth-order valence-corrected chi connectivity index (χ4v) is 4.41. The summed E-state index contributed by atoms with van der Waals surface area (Å²) in [4.78, 5) is 17.9. The number of rotatable bonds is 3. The maximum Gasteiger partial charge on any atom is 0.222 e. The van der Waals surface area contributed by atoms with Gasteiger partial charge in [-0.3, -0.25) is 4.79 Å². The highest BCUT2D eigenvalue weighted by atomic mass is 35.5. The topological polar surface area (TPSA) is 62.1 Å². The van der Waals surface area contributed by atoms with Crippen molar-refractivity contribution in [2.75, 3.05) is 13.1 Å². The van der Waals surface area contributed by atoms with E-state index in [4.69, 9.17) is 5.73 Å². The van der Waals surface area contributed by atoms with Crippen molar-refractivity contribution in [1.29, 1.82) is 0 Å². The van der Waals surface area contributed by atoms with E-state index in [1.54, 1.807) is 0 Å². The smallest absolute Gasteiger partial charge is 0.222 e. The molecule has 24 heavy (non-hydrogen) atoms. The van der Waals surface area contributed by atoms with Crippen LogP contribution in [-0.4, -0.2) is 34.9 Å². The molecule has 2 aliphatic rings. The van der Waals surface area contributed by atoms with Crippen LogP contribution in [0, 0.1) is 18.8 Å². The van der Waals surface area contributed by atoms with Crippen molar-refractivity contribution in [3.05, 3.63) is 35.5 Å². The number of H-pyrrole nitrogens is 1. The number of hydrogen-bond acceptors (Lipinski definition) is 2. The van der Waals surface area contributed by atoms with E-state index in [1.165, 1.54) is 22.9 Å². The van der Waals surface area contributed by atoms with E-state index in [-0.39, 0.29) is 18.3 Å². The van der Waals surface area contributed by atoms with Crippen molar-refractivity contribution in [1.82, 2.24) is 9.88 Å². The van der Waals surface area contributed by atoms with Crippen LogP contribution in [0.15, 0.2) is 24.4 Å². The van der Waals surface area contributed by atoms with Crippen molar-refractivity contribution in [2.24, 2.45) is 17.6 Å². The first kappa shape index (κ1) is 17.3. The van der Waals surface area contributed by atoms with Crippen LogP contribution in [0.5, 0.6) is 0 Å². The molecule has 2 fully saturated rings. The predicted octanol–water partition coefficient (Wildman–Crippen LogP) is 3.03. The summed E-state index contributed by atoms with van der Waals surface area (Å²) in [5, 5.41) is 1.25. The molecule has 1 aliphatic heterocycles. The number of nitrogens with one attached hydrogen (secondary N) is 1. The summed E-state index contributed by atoms with van der Waals surface area (Å²) in [5.41, 5.74) is 9.82. The van der Waals surface area contributed by atoms with Crippen molar-refractivity contribution >= 4 is 29.2 Å². The van der Waals surface area contributed by atoms with Gasteiger partial charge in [0.25, 0.3) is 0 Å². The number of likely N-dealkylation sites (tertiary alicyclic amines) is 1. The monoisotopic (exact) mass is 347 g/mol. The zero-order valence-corrected chi connectivity index (χ0v) is 14.9. The van der Waals surface area contributed by atoms with Crippen LogP contribution in [0.2, 0.25) is 0 Å². The largest absolute Gasteiger partial charge is 0.361 e. The second-order valence-electron chi connectivity index (χ2n) is 7.33. The number of carbonyl (C=O) groups is 1. The lowest BCUT2D eigenvalue weighted by atomic mass is 9.98. The first-order valence-corrected chi connectivity index (χ1v) is 8.72. The van der Waals surface area contributed by atoms with E-state index in [0.717, 1.165) is 31.4 Å². The van der Waals surface area contributed by atoms with Crippen molar-refractivity contribution in [2.45, 2.75) is 38.6 Å². The van der Waals surface area contributed by atoms with Gasteiger partial charge in [0, 0.05) is 42.7 Å². The number of fused-ring (bicyclic) bond motifs is 2. The van der Waals surface area contributed by atoms with E-state index in [1.807, 2.05) is 6.20 Å². The Kier molecular flexibility index (Phi) is 4.88. The van der Waals surface area contributed by atoms with Crippen molar-refractivity contribution < 1.29 is 4.79 Å². The zero-order valence-electron chi connectivity index (χ0n) is 14.1. The predicted molar refractivity (Wildman–Crippen MR) is 99.4 cm³/mol. The number of nitrogens with two attached hydrogens (primary N) is 1. The van der Waals surface area contributed by atoms with E-state index in [2.05, 4.69) is 35.0 Å². The zero-order chi connectivity index (χ0) is 16.0. The molecule has 1 saturated carbocycles. The number of amides is 1. The third kappa shape index (κ3) is 3.05. The molecule has 3 atom stereocenters. The summed E-state index contributed by atoms with van der Waals surface area (Å²) in [6, 6.07) is 6.72. The normalized spacial score (nSPS) is 25.8. The van der Waals surface area contributed by atoms with E-state index in [9.17, 15) is 4.79 Å². The number of halogens is 1. The Hall–Kier alpha value is -1.52. The SMILES string of the molecule is Cc1ccc2[nH]cc(CCC(=O)N3CC4CCC(N)C4C3)c2c1.Cl. The summed E-state index contributed by atoms with van der Waals surface area (Å²) in [5.74, 6) is 1.47. The average molecular weight is 348 g/mol. The van der Waals surface area contributed by atoms with Gasteiger partial charge in [-0.05, 0) is 55.7 Å². The quantitative estimate of drug-likeness (QED) is 0.896. The fourth-order valence-electron chi connectivity index (χ4n) is 4.41. The molecule has 4 nitrogen and oxygen atoms in total. The lowest BCUT2D eigenvalue weighted by molar-refractivity contribution is -0.130. The standard InChI is InChI=1S/C19H25N3O.ClH/c1-12-2-6-18-15(8-12)13(9-21-18)4-7-19(23)22-10-14-3-5-17(20)16(14)11-22;/h2,6,8-9,14,16-17,21H,3-5,7,10-11,20H2,1H3;1H. The Morgan fingerprint density at radius 3 is 2.96 bits per heavy atom. The minimum absolute atomic E-state index is 0. The molecule has 0 radical (unpaired) electrons. The van der Waals surface area contributed by atoms with Crippen LogP contribution in [0.1, 0.15) is 30.4 Å². The Bertz CT molecular complexity index is 741. The molecule has 0 bridgehead atoms.